The van der Waals surface area contributed by atoms with Crippen LogP contribution in [0.1, 0.15) is 40.0 Å². The van der Waals surface area contributed by atoms with Crippen LogP contribution in [0.25, 0.3) is 0 Å². The fourth-order valence-electron chi connectivity index (χ4n) is 3.10. The number of carbonyl (C=O) groups excluding carboxylic acids is 2. The number of amides is 2. The summed E-state index contributed by atoms with van der Waals surface area (Å²) in [4.78, 5) is 28.4. The van der Waals surface area contributed by atoms with Crippen molar-refractivity contribution in [1.82, 2.24) is 9.80 Å². The molecule has 21 heavy (non-hydrogen) atoms. The van der Waals surface area contributed by atoms with Crippen LogP contribution in [0, 0.1) is 11.3 Å². The summed E-state index contributed by atoms with van der Waals surface area (Å²) in [6.45, 7) is 8.44. The molecule has 2 unspecified atom stereocenters. The van der Waals surface area contributed by atoms with E-state index >= 15 is 0 Å². The second-order valence-electron chi connectivity index (χ2n) is 7.14. The maximum atomic E-state index is 12.4. The zero-order chi connectivity index (χ0) is 14.9. The van der Waals surface area contributed by atoms with Crippen molar-refractivity contribution in [2.24, 2.45) is 17.1 Å². The van der Waals surface area contributed by atoms with Gasteiger partial charge in [-0.2, -0.15) is 0 Å². The van der Waals surface area contributed by atoms with E-state index < -0.39 is 0 Å². The molecule has 122 valence electrons. The maximum absolute atomic E-state index is 12.4. The van der Waals surface area contributed by atoms with Gasteiger partial charge in [-0.15, -0.1) is 12.4 Å². The molecular formula is C15H28ClN3O2. The Morgan fingerprint density at radius 1 is 1.00 bits per heavy atom. The minimum absolute atomic E-state index is 0. The number of hydrogen-bond acceptors (Lipinski definition) is 3. The molecule has 1 aliphatic carbocycles. The highest BCUT2D eigenvalue weighted by atomic mass is 35.5. The van der Waals surface area contributed by atoms with Crippen LogP contribution >= 0.6 is 12.4 Å². The van der Waals surface area contributed by atoms with Crippen LogP contribution in [0.3, 0.4) is 0 Å². The molecule has 2 atom stereocenters. The normalized spacial score (nSPS) is 26.5. The molecule has 0 bridgehead atoms. The van der Waals surface area contributed by atoms with Gasteiger partial charge in [-0.25, -0.2) is 0 Å². The predicted octanol–water partition coefficient (Wildman–Crippen LogP) is 1.25. The Bertz CT molecular complexity index is 387. The molecule has 0 radical (unpaired) electrons. The van der Waals surface area contributed by atoms with Crippen molar-refractivity contribution >= 4 is 24.2 Å². The first-order valence-corrected chi connectivity index (χ1v) is 7.63. The highest BCUT2D eigenvalue weighted by molar-refractivity contribution is 5.85. The lowest BCUT2D eigenvalue weighted by Gasteiger charge is -2.38. The number of hydrogen-bond donors (Lipinski definition) is 1. The zero-order valence-electron chi connectivity index (χ0n) is 13.3. The minimum Gasteiger partial charge on any atom is -0.339 e. The molecule has 1 saturated heterocycles. The van der Waals surface area contributed by atoms with E-state index in [-0.39, 0.29) is 41.6 Å². The van der Waals surface area contributed by atoms with Gasteiger partial charge in [0.05, 0.1) is 0 Å². The van der Waals surface area contributed by atoms with Gasteiger partial charge in [-0.1, -0.05) is 20.8 Å². The third-order valence-electron chi connectivity index (χ3n) is 4.34. The Morgan fingerprint density at radius 3 is 1.95 bits per heavy atom. The summed E-state index contributed by atoms with van der Waals surface area (Å²) in [6, 6.07) is 0.188. The van der Waals surface area contributed by atoms with Gasteiger partial charge in [0.2, 0.25) is 11.8 Å². The lowest BCUT2D eigenvalue weighted by atomic mass is 9.94. The molecule has 0 aromatic carbocycles. The highest BCUT2D eigenvalue weighted by Gasteiger charge is 2.34. The zero-order valence-corrected chi connectivity index (χ0v) is 14.1. The van der Waals surface area contributed by atoms with Gasteiger partial charge in [0, 0.05) is 43.6 Å². The van der Waals surface area contributed by atoms with Crippen LogP contribution in [0.15, 0.2) is 0 Å². The fraction of sp³-hybridized carbons (Fsp3) is 0.867. The summed E-state index contributed by atoms with van der Waals surface area (Å²) in [5, 5.41) is 0. The molecule has 1 saturated carbocycles. The third-order valence-corrected chi connectivity index (χ3v) is 4.34. The Labute approximate surface area is 133 Å². The molecule has 6 heteroatoms. The van der Waals surface area contributed by atoms with Gasteiger partial charge in [-0.3, -0.25) is 9.59 Å². The molecule has 2 aliphatic rings. The number of nitrogens with zero attached hydrogens (tertiary/aromatic N) is 2. The van der Waals surface area contributed by atoms with Crippen molar-refractivity contribution in [1.29, 1.82) is 0 Å². The number of carbonyl (C=O) groups is 2. The molecule has 0 spiro atoms. The van der Waals surface area contributed by atoms with Gasteiger partial charge in [0.1, 0.15) is 0 Å². The van der Waals surface area contributed by atoms with E-state index in [1.54, 1.807) is 0 Å². The summed E-state index contributed by atoms with van der Waals surface area (Å²) >= 11 is 0. The van der Waals surface area contributed by atoms with E-state index in [1.165, 1.54) is 0 Å². The van der Waals surface area contributed by atoms with E-state index in [0.717, 1.165) is 19.3 Å². The Balaban J connectivity index is 0.00000220. The Hall–Kier alpha value is -0.810. The summed E-state index contributed by atoms with van der Waals surface area (Å²) in [5.41, 5.74) is 5.54. The van der Waals surface area contributed by atoms with Crippen LogP contribution < -0.4 is 5.73 Å². The van der Waals surface area contributed by atoms with E-state index in [4.69, 9.17) is 5.73 Å². The predicted molar refractivity (Wildman–Crippen MR) is 85.2 cm³/mol. The summed E-state index contributed by atoms with van der Waals surface area (Å²) in [6.07, 6.45) is 2.69. The SMILES string of the molecule is CC(C)(C)C(=O)N1CCN(C(=O)C2CCC(N)C2)CC1.Cl. The molecule has 0 aromatic rings. The monoisotopic (exact) mass is 317 g/mol. The number of nitrogens with two attached hydrogens (primary N) is 1. The molecule has 2 fully saturated rings. The van der Waals surface area contributed by atoms with Crippen molar-refractivity contribution in [3.8, 4) is 0 Å². The molecule has 1 heterocycles. The van der Waals surface area contributed by atoms with E-state index in [1.807, 2.05) is 30.6 Å². The van der Waals surface area contributed by atoms with Crippen molar-refractivity contribution in [3.05, 3.63) is 0 Å². The average Bonchev–Trinajstić information content (AvgIpc) is 2.83. The van der Waals surface area contributed by atoms with Crippen LogP contribution in [0.2, 0.25) is 0 Å². The lowest BCUT2D eigenvalue weighted by Crippen LogP contribution is -2.54. The van der Waals surface area contributed by atoms with Gasteiger partial charge < -0.3 is 15.5 Å². The molecular weight excluding hydrogens is 290 g/mol. The average molecular weight is 318 g/mol. The Kier molecular flexibility index (Phi) is 6.05. The van der Waals surface area contributed by atoms with E-state index in [9.17, 15) is 9.59 Å². The highest BCUT2D eigenvalue weighted by Crippen LogP contribution is 2.27. The van der Waals surface area contributed by atoms with Crippen LogP contribution in [-0.2, 0) is 9.59 Å². The summed E-state index contributed by atoms with van der Waals surface area (Å²) in [5.74, 6) is 0.517. The molecule has 5 nitrogen and oxygen atoms in total. The van der Waals surface area contributed by atoms with Crippen LogP contribution in [0.5, 0.6) is 0 Å². The van der Waals surface area contributed by atoms with Crippen molar-refractivity contribution in [2.45, 2.75) is 46.1 Å². The second-order valence-corrected chi connectivity index (χ2v) is 7.14. The first-order chi connectivity index (χ1) is 9.29. The first-order valence-electron chi connectivity index (χ1n) is 7.63. The Morgan fingerprint density at radius 2 is 1.52 bits per heavy atom. The molecule has 1 aliphatic heterocycles. The van der Waals surface area contributed by atoms with Gasteiger partial charge in [-0.05, 0) is 19.3 Å². The standard InChI is InChI=1S/C15H27N3O2.ClH/c1-15(2,3)14(20)18-8-6-17(7-9-18)13(19)11-4-5-12(16)10-11;/h11-12H,4-10,16H2,1-3H3;1H. The van der Waals surface area contributed by atoms with Crippen LogP contribution in [0.4, 0.5) is 0 Å². The van der Waals surface area contributed by atoms with Crippen molar-refractivity contribution < 1.29 is 9.59 Å². The van der Waals surface area contributed by atoms with Gasteiger partial charge in [0.15, 0.2) is 0 Å². The smallest absolute Gasteiger partial charge is 0.228 e. The first kappa shape index (κ1) is 18.2. The summed E-state index contributed by atoms with van der Waals surface area (Å²) < 4.78 is 0. The quantitative estimate of drug-likeness (QED) is 0.791. The van der Waals surface area contributed by atoms with Crippen molar-refractivity contribution in [2.75, 3.05) is 26.2 Å². The molecule has 2 N–H and O–H groups in total. The largest absolute Gasteiger partial charge is 0.339 e. The van der Waals surface area contributed by atoms with Gasteiger partial charge >= 0.3 is 0 Å². The molecule has 2 amide bonds. The number of halogens is 1. The minimum atomic E-state index is -0.343. The fourth-order valence-corrected chi connectivity index (χ4v) is 3.10. The number of rotatable bonds is 1. The topological polar surface area (TPSA) is 66.6 Å². The second kappa shape index (κ2) is 6.97. The number of piperazine rings is 1. The van der Waals surface area contributed by atoms with E-state index in [2.05, 4.69) is 0 Å². The van der Waals surface area contributed by atoms with Crippen molar-refractivity contribution in [3.63, 3.8) is 0 Å². The molecule has 2 rings (SSSR count). The maximum Gasteiger partial charge on any atom is 0.228 e. The molecule has 0 aromatic heterocycles. The van der Waals surface area contributed by atoms with Crippen LogP contribution in [-0.4, -0.2) is 53.8 Å². The van der Waals surface area contributed by atoms with E-state index in [0.29, 0.717) is 26.2 Å². The third kappa shape index (κ3) is 4.33. The lowest BCUT2D eigenvalue weighted by molar-refractivity contribution is -0.146. The summed E-state index contributed by atoms with van der Waals surface area (Å²) in [7, 11) is 0. The van der Waals surface area contributed by atoms with Gasteiger partial charge in [0.25, 0.3) is 0 Å².